The minimum absolute atomic E-state index is 0.0577. The number of hydrogen-bond donors (Lipinski definition) is 2. The molecule has 0 unspecified atom stereocenters. The van der Waals surface area contributed by atoms with Crippen LogP contribution in [0, 0.1) is 5.92 Å². The first kappa shape index (κ1) is 36.8. The number of carbonyl (C=O) groups is 2. The second-order valence-electron chi connectivity index (χ2n) is 15.7. The Balaban J connectivity index is 1.17. The highest BCUT2D eigenvalue weighted by Crippen LogP contribution is 2.60. The number of aliphatic hydroxyl groups is 1. The Morgan fingerprint density at radius 1 is 0.964 bits per heavy atom. The fourth-order valence-electron chi connectivity index (χ4n) is 9.59. The predicted molar refractivity (Wildman–Crippen MR) is 214 cm³/mol. The van der Waals surface area contributed by atoms with Gasteiger partial charge in [-0.15, -0.1) is 0 Å². The molecule has 0 bridgehead atoms. The lowest BCUT2D eigenvalue weighted by Crippen LogP contribution is -2.52. The van der Waals surface area contributed by atoms with Gasteiger partial charge in [0.1, 0.15) is 11.5 Å². The zero-order valence-electron chi connectivity index (χ0n) is 32.0. The summed E-state index contributed by atoms with van der Waals surface area (Å²) in [6, 6.07) is 28.7. The second-order valence-corrected chi connectivity index (χ2v) is 20.4. The SMILES string of the molecule is COc1ccc([Si](C)(C)[C@H]2[C@H](CC(=O)N3CCC[C@H]3CO)O[C@@]3(C(=O)N(Cc4ccc(-n5[nH]c6ccccc6c5=O)cc4)c4ccc(OC)cc43)[C@@H]2C)cc1. The fraction of sp³-hybridized carbons (Fsp3) is 0.372. The molecule has 11 nitrogen and oxygen atoms in total. The number of carbonyl (C=O) groups excluding carboxylic acids is 2. The summed E-state index contributed by atoms with van der Waals surface area (Å²) in [4.78, 5) is 46.1. The Kier molecular flexibility index (Phi) is 9.47. The molecule has 1 aromatic heterocycles. The Morgan fingerprint density at radius 2 is 1.67 bits per heavy atom. The number of methoxy groups -OCH3 is 2. The van der Waals surface area contributed by atoms with Crippen molar-refractivity contribution < 1.29 is 28.9 Å². The molecule has 1 spiro atoms. The Bertz CT molecular complexity index is 2300. The van der Waals surface area contributed by atoms with E-state index in [0.717, 1.165) is 40.9 Å². The molecule has 286 valence electrons. The lowest BCUT2D eigenvalue weighted by molar-refractivity contribution is -0.150. The number of ether oxygens (including phenoxy) is 3. The van der Waals surface area contributed by atoms with E-state index in [1.54, 1.807) is 30.1 Å². The second kappa shape index (κ2) is 14.2. The van der Waals surface area contributed by atoms with Crippen LogP contribution in [0.25, 0.3) is 16.6 Å². The van der Waals surface area contributed by atoms with E-state index in [4.69, 9.17) is 14.2 Å². The van der Waals surface area contributed by atoms with Crippen LogP contribution in [0.2, 0.25) is 18.6 Å². The summed E-state index contributed by atoms with van der Waals surface area (Å²) in [6.07, 6.45) is 1.17. The maximum Gasteiger partial charge on any atom is 0.279 e. The van der Waals surface area contributed by atoms with Crippen LogP contribution in [0.5, 0.6) is 11.5 Å². The van der Waals surface area contributed by atoms with E-state index in [1.165, 1.54) is 9.87 Å². The van der Waals surface area contributed by atoms with Crippen molar-refractivity contribution in [3.63, 3.8) is 0 Å². The topological polar surface area (TPSA) is 126 Å². The number of amides is 2. The molecule has 5 aromatic rings. The number of benzene rings is 4. The van der Waals surface area contributed by atoms with E-state index in [-0.39, 0.29) is 54.4 Å². The first-order valence-corrected chi connectivity index (χ1v) is 22.1. The van der Waals surface area contributed by atoms with E-state index in [2.05, 4.69) is 37.2 Å². The van der Waals surface area contributed by atoms with Gasteiger partial charge in [0.15, 0.2) is 5.60 Å². The van der Waals surface area contributed by atoms with Crippen LogP contribution < -0.4 is 25.1 Å². The van der Waals surface area contributed by atoms with Gasteiger partial charge in [0, 0.05) is 18.0 Å². The van der Waals surface area contributed by atoms with Crippen LogP contribution in [-0.2, 0) is 26.5 Å². The summed E-state index contributed by atoms with van der Waals surface area (Å²) in [7, 11) is 0.768. The van der Waals surface area contributed by atoms with E-state index in [0.29, 0.717) is 23.4 Å². The average molecular weight is 761 g/mol. The maximum atomic E-state index is 15.3. The van der Waals surface area contributed by atoms with Crippen molar-refractivity contribution in [1.29, 1.82) is 0 Å². The minimum atomic E-state index is -2.49. The molecule has 0 radical (unpaired) electrons. The van der Waals surface area contributed by atoms with Gasteiger partial charge in [0.05, 0.1) is 76.3 Å². The van der Waals surface area contributed by atoms with Crippen LogP contribution >= 0.6 is 0 Å². The van der Waals surface area contributed by atoms with Crippen molar-refractivity contribution in [1.82, 2.24) is 14.7 Å². The van der Waals surface area contributed by atoms with E-state index in [1.807, 2.05) is 72.8 Å². The molecule has 4 heterocycles. The molecule has 0 saturated carbocycles. The number of anilines is 1. The molecule has 2 N–H and O–H groups in total. The van der Waals surface area contributed by atoms with Crippen molar-refractivity contribution in [2.45, 2.75) is 69.1 Å². The molecule has 0 aliphatic carbocycles. The molecule has 2 amide bonds. The predicted octanol–water partition coefficient (Wildman–Crippen LogP) is 5.47. The number of fused-ring (bicyclic) bond motifs is 3. The first-order valence-electron chi connectivity index (χ1n) is 19.0. The summed E-state index contributed by atoms with van der Waals surface area (Å²) in [5, 5.41) is 15.1. The third-order valence-electron chi connectivity index (χ3n) is 12.5. The van der Waals surface area contributed by atoms with Gasteiger partial charge in [-0.3, -0.25) is 19.5 Å². The van der Waals surface area contributed by atoms with Gasteiger partial charge in [-0.25, -0.2) is 4.68 Å². The van der Waals surface area contributed by atoms with Crippen molar-refractivity contribution in [3.8, 4) is 17.2 Å². The number of hydrogen-bond acceptors (Lipinski definition) is 7. The number of aromatic amines is 1. The van der Waals surface area contributed by atoms with E-state index < -0.39 is 19.8 Å². The summed E-state index contributed by atoms with van der Waals surface area (Å²) in [5.74, 6) is 0.842. The van der Waals surface area contributed by atoms with Crippen LogP contribution in [0.15, 0.2) is 95.8 Å². The van der Waals surface area contributed by atoms with Gasteiger partial charge >= 0.3 is 0 Å². The zero-order valence-corrected chi connectivity index (χ0v) is 33.0. The molecule has 3 aliphatic heterocycles. The highest BCUT2D eigenvalue weighted by atomic mass is 28.3. The van der Waals surface area contributed by atoms with Gasteiger partial charge < -0.3 is 29.1 Å². The average Bonchev–Trinajstić information content (AvgIpc) is 3.95. The monoisotopic (exact) mass is 760 g/mol. The number of H-pyrrole nitrogens is 1. The van der Waals surface area contributed by atoms with E-state index in [9.17, 15) is 14.7 Å². The summed E-state index contributed by atoms with van der Waals surface area (Å²) < 4.78 is 19.9. The number of aromatic nitrogens is 2. The Hall–Kier alpha value is -5.17. The molecule has 4 aromatic carbocycles. The lowest BCUT2D eigenvalue weighted by Gasteiger charge is -2.37. The summed E-state index contributed by atoms with van der Waals surface area (Å²) >= 11 is 0. The maximum absolute atomic E-state index is 15.3. The normalized spacial score (nSPS) is 23.6. The van der Waals surface area contributed by atoms with Crippen LogP contribution in [0.3, 0.4) is 0 Å². The molecule has 12 heteroatoms. The van der Waals surface area contributed by atoms with Gasteiger partial charge in [-0.05, 0) is 78.5 Å². The van der Waals surface area contributed by atoms with Crippen molar-refractivity contribution in [2.24, 2.45) is 5.92 Å². The minimum Gasteiger partial charge on any atom is -0.497 e. The van der Waals surface area contributed by atoms with Crippen LogP contribution in [-0.4, -0.2) is 79.2 Å². The number of rotatable bonds is 10. The molecule has 8 rings (SSSR count). The number of likely N-dealkylation sites (tertiary alicyclic amines) is 1. The standard InChI is InChI=1S/C43H48N4O7Si/c1-27-40(55(4,5)33-19-16-31(52-2)17-20-33)38(24-39(49)45-22-8-9-30(45)26-48)54-43(27)35-23-32(53-3)18-21-37(35)46(42(43)51)25-28-12-14-29(15-13-28)47-41(50)34-10-6-7-11-36(34)44-47/h6-7,10-21,23,27,30,38,40,44,48H,8-9,22,24-26H2,1-5H3/t27-,30+,38+,40-,43+/m1/s1. The van der Waals surface area contributed by atoms with Crippen LogP contribution in [0.4, 0.5) is 5.69 Å². The van der Waals surface area contributed by atoms with Crippen molar-refractivity contribution in [2.75, 3.05) is 32.3 Å². The van der Waals surface area contributed by atoms with Gasteiger partial charge in [-0.2, -0.15) is 0 Å². The number of nitrogens with one attached hydrogen (secondary N) is 1. The number of nitrogens with zero attached hydrogens (tertiary/aromatic N) is 3. The Labute approximate surface area is 321 Å². The fourth-order valence-corrected chi connectivity index (χ4v) is 13.6. The highest BCUT2D eigenvalue weighted by Gasteiger charge is 2.66. The lowest BCUT2D eigenvalue weighted by atomic mass is 9.82. The smallest absolute Gasteiger partial charge is 0.279 e. The molecular weight excluding hydrogens is 713 g/mol. The van der Waals surface area contributed by atoms with Gasteiger partial charge in [-0.1, -0.05) is 61.6 Å². The first-order chi connectivity index (χ1) is 26.5. The molecule has 5 atom stereocenters. The largest absolute Gasteiger partial charge is 0.497 e. The van der Waals surface area contributed by atoms with E-state index >= 15 is 4.79 Å². The number of aliphatic hydroxyl groups excluding tert-OH is 1. The van der Waals surface area contributed by atoms with Gasteiger partial charge in [0.2, 0.25) is 5.91 Å². The van der Waals surface area contributed by atoms with Crippen molar-refractivity contribution >= 4 is 41.7 Å². The molecule has 2 saturated heterocycles. The summed E-state index contributed by atoms with van der Waals surface area (Å²) in [6.45, 7) is 7.50. The number of para-hydroxylation sites is 1. The quantitative estimate of drug-likeness (QED) is 0.181. The molecule has 55 heavy (non-hydrogen) atoms. The third kappa shape index (κ3) is 5.98. The molecule has 2 fully saturated rings. The highest BCUT2D eigenvalue weighted by molar-refractivity contribution is 6.91. The summed E-state index contributed by atoms with van der Waals surface area (Å²) in [5.41, 5.74) is 2.18. The van der Waals surface area contributed by atoms with Gasteiger partial charge in [0.25, 0.3) is 11.5 Å². The third-order valence-corrected chi connectivity index (χ3v) is 16.8. The van der Waals surface area contributed by atoms with Crippen LogP contribution in [0.1, 0.15) is 37.3 Å². The molecule has 3 aliphatic rings. The molecular formula is C43H48N4O7Si. The Morgan fingerprint density at radius 3 is 2.36 bits per heavy atom. The van der Waals surface area contributed by atoms with Crippen molar-refractivity contribution in [3.05, 3.63) is 112 Å². The zero-order chi connectivity index (χ0) is 38.6.